The van der Waals surface area contributed by atoms with E-state index in [0.29, 0.717) is 6.61 Å². The number of ether oxygens (including phenoxy) is 1. The first-order chi connectivity index (χ1) is 15.2. The molecule has 156 valence electrons. The highest BCUT2D eigenvalue weighted by Crippen LogP contribution is 2.37. The van der Waals surface area contributed by atoms with E-state index in [0.717, 1.165) is 43.4 Å². The van der Waals surface area contributed by atoms with Crippen LogP contribution in [0.1, 0.15) is 18.0 Å². The van der Waals surface area contributed by atoms with Gasteiger partial charge in [-0.1, -0.05) is 42.1 Å². The van der Waals surface area contributed by atoms with Crippen molar-refractivity contribution in [2.75, 3.05) is 12.4 Å². The smallest absolute Gasteiger partial charge is 0.230 e. The van der Waals surface area contributed by atoms with E-state index in [1.54, 1.807) is 23.5 Å². The van der Waals surface area contributed by atoms with Crippen molar-refractivity contribution in [3.63, 3.8) is 0 Å². The maximum atomic E-state index is 13.2. The quantitative estimate of drug-likeness (QED) is 0.333. The highest BCUT2D eigenvalue weighted by molar-refractivity contribution is 8.00. The second kappa shape index (κ2) is 8.64. The minimum absolute atomic E-state index is 0.0460. The van der Waals surface area contributed by atoms with Gasteiger partial charge in [-0.3, -0.25) is 4.79 Å². The van der Waals surface area contributed by atoms with Crippen LogP contribution in [0, 0.1) is 5.82 Å². The second-order valence-electron chi connectivity index (χ2n) is 7.09. The number of hydrogen-bond donors (Lipinski definition) is 1. The molecule has 8 heteroatoms. The highest BCUT2D eigenvalue weighted by atomic mass is 32.2. The largest absolute Gasteiger partial charge is 0.493 e. The summed E-state index contributed by atoms with van der Waals surface area (Å²) in [4.78, 5) is 22.4. The average Bonchev–Trinajstić information content (AvgIpc) is 3.23. The molecule has 5 rings (SSSR count). The van der Waals surface area contributed by atoms with Gasteiger partial charge >= 0.3 is 0 Å². The number of hydrogen-bond acceptors (Lipinski definition) is 6. The molecule has 4 aromatic rings. The minimum atomic E-state index is -0.265. The Bertz CT molecular complexity index is 1240. The molecule has 0 spiro atoms. The lowest BCUT2D eigenvalue weighted by Gasteiger charge is -2.26. The molecule has 1 N–H and O–H groups in total. The van der Waals surface area contributed by atoms with Gasteiger partial charge in [0, 0.05) is 16.9 Å². The molecule has 1 amide bonds. The summed E-state index contributed by atoms with van der Waals surface area (Å²) in [5, 5.41) is 3.88. The molecule has 0 saturated heterocycles. The Morgan fingerprint density at radius 1 is 1.19 bits per heavy atom. The summed E-state index contributed by atoms with van der Waals surface area (Å²) in [6.45, 7) is 0.586. The van der Waals surface area contributed by atoms with E-state index in [9.17, 15) is 9.18 Å². The van der Waals surface area contributed by atoms with Gasteiger partial charge in [-0.15, -0.1) is 11.3 Å². The number of nitrogens with one attached hydrogen (secondary N) is 1. The summed E-state index contributed by atoms with van der Waals surface area (Å²) in [6.07, 6.45) is 2.26. The molecule has 31 heavy (non-hydrogen) atoms. The molecule has 0 saturated carbocycles. The van der Waals surface area contributed by atoms with E-state index >= 15 is 0 Å². The van der Waals surface area contributed by atoms with Gasteiger partial charge in [0.15, 0.2) is 0 Å². The van der Waals surface area contributed by atoms with Crippen LogP contribution in [0.2, 0.25) is 0 Å². The average molecular weight is 452 g/mol. The van der Waals surface area contributed by atoms with Crippen LogP contribution in [-0.2, 0) is 4.79 Å². The van der Waals surface area contributed by atoms with Gasteiger partial charge in [-0.05, 0) is 29.8 Å². The third-order valence-corrected chi connectivity index (χ3v) is 7.34. The lowest BCUT2D eigenvalue weighted by atomic mass is 10.0. The Morgan fingerprint density at radius 3 is 2.90 bits per heavy atom. The van der Waals surface area contributed by atoms with E-state index in [2.05, 4.69) is 15.3 Å². The lowest BCUT2D eigenvalue weighted by molar-refractivity contribution is -0.119. The van der Waals surface area contributed by atoms with Crippen molar-refractivity contribution in [2.24, 2.45) is 0 Å². The number of benzene rings is 2. The molecule has 3 heterocycles. The van der Waals surface area contributed by atoms with Gasteiger partial charge < -0.3 is 10.1 Å². The molecule has 0 bridgehead atoms. The van der Waals surface area contributed by atoms with Crippen molar-refractivity contribution in [3.05, 3.63) is 72.3 Å². The molecule has 1 aliphatic rings. The first-order valence-electron chi connectivity index (χ1n) is 9.82. The van der Waals surface area contributed by atoms with Crippen LogP contribution in [0.5, 0.6) is 5.75 Å². The number of aromatic nitrogens is 2. The van der Waals surface area contributed by atoms with E-state index in [-0.39, 0.29) is 23.5 Å². The number of thioether (sulfide) groups is 1. The predicted molar refractivity (Wildman–Crippen MR) is 121 cm³/mol. The van der Waals surface area contributed by atoms with Gasteiger partial charge in [-0.25, -0.2) is 14.4 Å². The minimum Gasteiger partial charge on any atom is -0.493 e. The van der Waals surface area contributed by atoms with Gasteiger partial charge in [0.25, 0.3) is 0 Å². The van der Waals surface area contributed by atoms with E-state index in [1.165, 1.54) is 30.2 Å². The zero-order valence-electron chi connectivity index (χ0n) is 16.4. The molecule has 2 aromatic heterocycles. The van der Waals surface area contributed by atoms with Crippen LogP contribution >= 0.6 is 23.1 Å². The van der Waals surface area contributed by atoms with Crippen molar-refractivity contribution < 1.29 is 13.9 Å². The maximum absolute atomic E-state index is 13.2. The maximum Gasteiger partial charge on any atom is 0.230 e. The van der Waals surface area contributed by atoms with E-state index in [1.807, 2.05) is 30.3 Å². The van der Waals surface area contributed by atoms with Crippen molar-refractivity contribution >= 4 is 39.2 Å². The van der Waals surface area contributed by atoms with Crippen LogP contribution in [0.25, 0.3) is 20.7 Å². The molecule has 5 nitrogen and oxygen atoms in total. The number of carbonyl (C=O) groups is 1. The van der Waals surface area contributed by atoms with Crippen molar-refractivity contribution in [3.8, 4) is 16.2 Å². The van der Waals surface area contributed by atoms with Gasteiger partial charge in [0.1, 0.15) is 22.9 Å². The number of para-hydroxylation sites is 1. The topological polar surface area (TPSA) is 64.1 Å². The van der Waals surface area contributed by atoms with Crippen LogP contribution < -0.4 is 10.1 Å². The van der Waals surface area contributed by atoms with E-state index < -0.39 is 0 Å². The molecule has 0 aliphatic carbocycles. The summed E-state index contributed by atoms with van der Waals surface area (Å²) in [7, 11) is 0. The first kappa shape index (κ1) is 20.0. The Hall–Kier alpha value is -2.97. The summed E-state index contributed by atoms with van der Waals surface area (Å²) in [5.74, 6) is 0.777. The zero-order chi connectivity index (χ0) is 21.2. The molecular weight excluding hydrogens is 433 g/mol. The first-order valence-corrected chi connectivity index (χ1v) is 11.6. The third kappa shape index (κ3) is 4.26. The number of carbonyl (C=O) groups excluding carboxylic acids is 1. The fourth-order valence-electron chi connectivity index (χ4n) is 3.55. The number of halogens is 1. The zero-order valence-corrected chi connectivity index (χ0v) is 18.0. The van der Waals surface area contributed by atoms with Crippen LogP contribution in [-0.4, -0.2) is 28.2 Å². The Labute approximate surface area is 186 Å². The number of nitrogens with zero attached hydrogens (tertiary/aromatic N) is 2. The van der Waals surface area contributed by atoms with Crippen molar-refractivity contribution in [2.45, 2.75) is 17.5 Å². The molecule has 1 aliphatic heterocycles. The Kier molecular flexibility index (Phi) is 5.57. The van der Waals surface area contributed by atoms with Crippen molar-refractivity contribution in [1.82, 2.24) is 15.3 Å². The predicted octanol–water partition coefficient (Wildman–Crippen LogP) is 5.23. The fourth-order valence-corrected chi connectivity index (χ4v) is 5.56. The Balaban J connectivity index is 1.30. The molecule has 1 unspecified atom stereocenters. The molecular formula is C23H18FN3O2S2. The fraction of sp³-hybridized carbons (Fsp3) is 0.174. The molecule has 0 radical (unpaired) electrons. The summed E-state index contributed by atoms with van der Waals surface area (Å²) in [5.41, 5.74) is 2.76. The van der Waals surface area contributed by atoms with E-state index in [4.69, 9.17) is 4.74 Å². The number of rotatable bonds is 5. The van der Waals surface area contributed by atoms with Crippen molar-refractivity contribution in [1.29, 1.82) is 0 Å². The SMILES string of the molecule is O=C(CSc1ncnc2cc(-c3ccc(F)cc3)sc12)NC1CCOc2ccccc21. The monoisotopic (exact) mass is 451 g/mol. The Morgan fingerprint density at radius 2 is 2.03 bits per heavy atom. The number of fused-ring (bicyclic) bond motifs is 2. The number of amides is 1. The van der Waals surface area contributed by atoms with Crippen LogP contribution in [0.3, 0.4) is 0 Å². The molecule has 2 aromatic carbocycles. The molecule has 0 fully saturated rings. The standard InChI is InChI=1S/C23H18FN3O2S2/c24-15-7-5-14(6-8-15)20-11-18-22(31-20)23(26-13-25-18)30-12-21(28)27-17-9-10-29-19-4-2-1-3-16(17)19/h1-8,11,13,17H,9-10,12H2,(H,27,28). The summed E-state index contributed by atoms with van der Waals surface area (Å²) >= 11 is 2.94. The van der Waals surface area contributed by atoms with Gasteiger partial charge in [0.05, 0.1) is 28.6 Å². The van der Waals surface area contributed by atoms with Gasteiger partial charge in [-0.2, -0.15) is 0 Å². The van der Waals surface area contributed by atoms with Gasteiger partial charge in [0.2, 0.25) is 5.91 Å². The third-order valence-electron chi connectivity index (χ3n) is 5.04. The number of thiophene rings is 1. The summed E-state index contributed by atoms with van der Waals surface area (Å²) in [6, 6.07) is 16.1. The molecule has 1 atom stereocenters. The van der Waals surface area contributed by atoms with Crippen LogP contribution in [0.15, 0.2) is 66.0 Å². The highest BCUT2D eigenvalue weighted by Gasteiger charge is 2.23. The normalized spacial score (nSPS) is 15.3. The summed E-state index contributed by atoms with van der Waals surface area (Å²) < 4.78 is 19.8. The second-order valence-corrected chi connectivity index (χ2v) is 9.11. The lowest BCUT2D eigenvalue weighted by Crippen LogP contribution is -2.33. The van der Waals surface area contributed by atoms with Crippen LogP contribution in [0.4, 0.5) is 4.39 Å².